The molecular formula is C8H17NO3. The fourth-order valence-electron chi connectivity index (χ4n) is 0.795. The van der Waals surface area contributed by atoms with Crippen LogP contribution in [-0.4, -0.2) is 37.4 Å². The summed E-state index contributed by atoms with van der Waals surface area (Å²) in [6.07, 6.45) is 1.21. The molecular weight excluding hydrogens is 158 g/mol. The lowest BCUT2D eigenvalue weighted by Gasteiger charge is -2.02. The molecule has 0 atom stereocenters. The average Bonchev–Trinajstić information content (AvgIpc) is 2.05. The summed E-state index contributed by atoms with van der Waals surface area (Å²) in [6, 6.07) is 0. The third-order valence-electron chi connectivity index (χ3n) is 1.33. The van der Waals surface area contributed by atoms with Gasteiger partial charge in [0.1, 0.15) is 0 Å². The number of ether oxygens (including phenoxy) is 1. The van der Waals surface area contributed by atoms with Crippen LogP contribution in [0.5, 0.6) is 0 Å². The molecule has 0 aromatic rings. The number of aliphatic hydroxyl groups excluding tert-OH is 1. The van der Waals surface area contributed by atoms with Crippen molar-refractivity contribution < 1.29 is 14.6 Å². The van der Waals surface area contributed by atoms with Crippen LogP contribution in [0, 0.1) is 0 Å². The molecule has 0 fully saturated rings. The third-order valence-corrected chi connectivity index (χ3v) is 1.33. The molecule has 4 nitrogen and oxygen atoms in total. The average molecular weight is 175 g/mol. The van der Waals surface area contributed by atoms with Crippen molar-refractivity contribution in [2.75, 3.05) is 26.3 Å². The third kappa shape index (κ3) is 7.50. The summed E-state index contributed by atoms with van der Waals surface area (Å²) >= 11 is 0. The van der Waals surface area contributed by atoms with E-state index in [-0.39, 0.29) is 12.6 Å². The summed E-state index contributed by atoms with van der Waals surface area (Å²) in [5.41, 5.74) is 0. The zero-order valence-electron chi connectivity index (χ0n) is 7.51. The van der Waals surface area contributed by atoms with E-state index in [2.05, 4.69) is 5.32 Å². The maximum Gasteiger partial charge on any atom is 0.305 e. The van der Waals surface area contributed by atoms with Crippen molar-refractivity contribution in [3.63, 3.8) is 0 Å². The molecule has 4 heteroatoms. The van der Waals surface area contributed by atoms with Crippen molar-refractivity contribution >= 4 is 5.97 Å². The highest BCUT2D eigenvalue weighted by molar-refractivity contribution is 5.69. The van der Waals surface area contributed by atoms with Crippen LogP contribution in [0.25, 0.3) is 0 Å². The van der Waals surface area contributed by atoms with Gasteiger partial charge in [-0.1, -0.05) is 0 Å². The van der Waals surface area contributed by atoms with E-state index in [0.29, 0.717) is 19.6 Å². The normalized spacial score (nSPS) is 9.83. The standard InChI is InChI=1S/C8H17NO3/c1-2-12-8(11)4-3-5-9-6-7-10/h9-10H,2-7H2,1H3. The second-order valence-electron chi connectivity index (χ2n) is 2.38. The van der Waals surface area contributed by atoms with E-state index in [0.717, 1.165) is 13.0 Å². The maximum atomic E-state index is 10.8. The predicted molar refractivity (Wildman–Crippen MR) is 45.8 cm³/mol. The van der Waals surface area contributed by atoms with E-state index in [1.54, 1.807) is 6.92 Å². The van der Waals surface area contributed by atoms with Crippen LogP contribution in [0.4, 0.5) is 0 Å². The second-order valence-corrected chi connectivity index (χ2v) is 2.38. The van der Waals surface area contributed by atoms with Crippen LogP contribution in [0.3, 0.4) is 0 Å². The number of esters is 1. The maximum absolute atomic E-state index is 10.8. The lowest BCUT2D eigenvalue weighted by Crippen LogP contribution is -2.20. The molecule has 0 aliphatic heterocycles. The second kappa shape index (κ2) is 8.49. The monoisotopic (exact) mass is 175 g/mol. The molecule has 0 rings (SSSR count). The molecule has 0 aromatic heterocycles. The van der Waals surface area contributed by atoms with Gasteiger partial charge in [0.05, 0.1) is 13.2 Å². The van der Waals surface area contributed by atoms with Crippen LogP contribution in [-0.2, 0) is 9.53 Å². The Morgan fingerprint density at radius 2 is 2.25 bits per heavy atom. The van der Waals surface area contributed by atoms with Crippen LogP contribution < -0.4 is 5.32 Å². The highest BCUT2D eigenvalue weighted by Gasteiger charge is 1.99. The molecule has 0 unspecified atom stereocenters. The zero-order valence-corrected chi connectivity index (χ0v) is 7.51. The van der Waals surface area contributed by atoms with Gasteiger partial charge in [-0.05, 0) is 19.9 Å². The van der Waals surface area contributed by atoms with Gasteiger partial charge in [0.15, 0.2) is 0 Å². The number of aliphatic hydroxyl groups is 1. The summed E-state index contributed by atoms with van der Waals surface area (Å²) in [5, 5.41) is 11.4. The van der Waals surface area contributed by atoms with Crippen LogP contribution >= 0.6 is 0 Å². The Morgan fingerprint density at radius 3 is 2.83 bits per heavy atom. The summed E-state index contributed by atoms with van der Waals surface area (Å²) in [4.78, 5) is 10.8. The molecule has 0 bridgehead atoms. The molecule has 12 heavy (non-hydrogen) atoms. The van der Waals surface area contributed by atoms with E-state index in [4.69, 9.17) is 9.84 Å². The number of hydrogen-bond donors (Lipinski definition) is 2. The highest BCUT2D eigenvalue weighted by Crippen LogP contribution is 1.90. The van der Waals surface area contributed by atoms with Gasteiger partial charge in [0.25, 0.3) is 0 Å². The molecule has 0 saturated carbocycles. The SMILES string of the molecule is CCOC(=O)CCCNCCO. The van der Waals surface area contributed by atoms with Gasteiger partial charge in [0.2, 0.25) is 0 Å². The molecule has 0 heterocycles. The van der Waals surface area contributed by atoms with Crippen LogP contribution in [0.1, 0.15) is 19.8 Å². The number of hydrogen-bond acceptors (Lipinski definition) is 4. The van der Waals surface area contributed by atoms with Crippen molar-refractivity contribution in [3.05, 3.63) is 0 Å². The summed E-state index contributed by atoms with van der Waals surface area (Å²) in [6.45, 7) is 3.71. The largest absolute Gasteiger partial charge is 0.466 e. The number of rotatable bonds is 7. The summed E-state index contributed by atoms with van der Waals surface area (Å²) < 4.78 is 4.73. The lowest BCUT2D eigenvalue weighted by atomic mass is 10.3. The Bertz CT molecular complexity index is 117. The van der Waals surface area contributed by atoms with Crippen molar-refractivity contribution in [1.29, 1.82) is 0 Å². The van der Waals surface area contributed by atoms with Gasteiger partial charge in [-0.25, -0.2) is 0 Å². The first kappa shape index (κ1) is 11.4. The predicted octanol–water partition coefficient (Wildman–Crippen LogP) is -0.0884. The molecule has 0 aliphatic rings. The Hall–Kier alpha value is -0.610. The van der Waals surface area contributed by atoms with E-state index in [1.165, 1.54) is 0 Å². The van der Waals surface area contributed by atoms with Crippen molar-refractivity contribution in [3.8, 4) is 0 Å². The van der Waals surface area contributed by atoms with Gasteiger partial charge in [0, 0.05) is 13.0 Å². The lowest BCUT2D eigenvalue weighted by molar-refractivity contribution is -0.143. The number of carbonyl (C=O) groups is 1. The quantitative estimate of drug-likeness (QED) is 0.419. The van der Waals surface area contributed by atoms with Gasteiger partial charge in [-0.3, -0.25) is 4.79 Å². The summed E-state index contributed by atoms with van der Waals surface area (Å²) in [7, 11) is 0. The minimum absolute atomic E-state index is 0.138. The Kier molecular flexibility index (Phi) is 8.05. The highest BCUT2D eigenvalue weighted by atomic mass is 16.5. The first-order valence-corrected chi connectivity index (χ1v) is 4.28. The number of carbonyl (C=O) groups excluding carboxylic acids is 1. The van der Waals surface area contributed by atoms with Gasteiger partial charge < -0.3 is 15.2 Å². The number of nitrogens with one attached hydrogen (secondary N) is 1. The minimum Gasteiger partial charge on any atom is -0.466 e. The van der Waals surface area contributed by atoms with Gasteiger partial charge >= 0.3 is 5.97 Å². The molecule has 0 amide bonds. The zero-order chi connectivity index (χ0) is 9.23. The van der Waals surface area contributed by atoms with Crippen molar-refractivity contribution in [2.24, 2.45) is 0 Å². The first-order valence-electron chi connectivity index (χ1n) is 4.28. The van der Waals surface area contributed by atoms with Crippen molar-refractivity contribution in [1.82, 2.24) is 5.32 Å². The Balaban J connectivity index is 3.03. The molecule has 0 aliphatic carbocycles. The molecule has 2 N–H and O–H groups in total. The van der Waals surface area contributed by atoms with Gasteiger partial charge in [-0.2, -0.15) is 0 Å². The molecule has 0 spiro atoms. The van der Waals surface area contributed by atoms with E-state index < -0.39 is 0 Å². The molecule has 0 radical (unpaired) electrons. The fraction of sp³-hybridized carbons (Fsp3) is 0.875. The molecule has 0 aromatic carbocycles. The van der Waals surface area contributed by atoms with Crippen LogP contribution in [0.15, 0.2) is 0 Å². The molecule has 0 saturated heterocycles. The Labute approximate surface area is 72.9 Å². The molecule has 72 valence electrons. The van der Waals surface area contributed by atoms with E-state index in [1.807, 2.05) is 0 Å². The first-order chi connectivity index (χ1) is 5.81. The van der Waals surface area contributed by atoms with E-state index in [9.17, 15) is 4.79 Å². The van der Waals surface area contributed by atoms with Crippen LogP contribution in [0.2, 0.25) is 0 Å². The topological polar surface area (TPSA) is 58.6 Å². The Morgan fingerprint density at radius 1 is 1.50 bits per heavy atom. The van der Waals surface area contributed by atoms with E-state index >= 15 is 0 Å². The summed E-state index contributed by atoms with van der Waals surface area (Å²) in [5.74, 6) is -0.150. The minimum atomic E-state index is -0.150. The fourth-order valence-corrected chi connectivity index (χ4v) is 0.795. The van der Waals surface area contributed by atoms with Crippen molar-refractivity contribution in [2.45, 2.75) is 19.8 Å². The smallest absolute Gasteiger partial charge is 0.305 e. The van der Waals surface area contributed by atoms with Gasteiger partial charge in [-0.15, -0.1) is 0 Å².